The molecule has 1 aromatic heterocycles. The molecule has 1 aromatic rings. The van der Waals surface area contributed by atoms with E-state index in [1.165, 1.54) is 12.3 Å². The predicted molar refractivity (Wildman–Crippen MR) is 59.9 cm³/mol. The smallest absolute Gasteiger partial charge is 0.326 e. The van der Waals surface area contributed by atoms with E-state index in [9.17, 15) is 14.4 Å². The molecule has 0 aliphatic carbocycles. The van der Waals surface area contributed by atoms with Gasteiger partial charge in [0.1, 0.15) is 11.8 Å². The van der Waals surface area contributed by atoms with Gasteiger partial charge in [0.15, 0.2) is 0 Å². The lowest BCUT2D eigenvalue weighted by molar-refractivity contribution is -0.148. The normalized spacial score (nSPS) is 16.6. The molecule has 1 N–H and O–H groups in total. The summed E-state index contributed by atoms with van der Waals surface area (Å²) < 4.78 is 5.03. The van der Waals surface area contributed by atoms with Crippen molar-refractivity contribution in [3.8, 4) is 0 Å². The summed E-state index contributed by atoms with van der Waals surface area (Å²) in [7, 11) is 0. The number of carboxylic acid groups (broad SMARTS) is 1. The molecule has 2 rings (SSSR count). The third-order valence-corrected chi connectivity index (χ3v) is 2.93. The maximum atomic E-state index is 12.1. The molecule has 1 aliphatic rings. The Bertz CT molecular complexity index is 504. The van der Waals surface area contributed by atoms with Crippen LogP contribution in [0.4, 0.5) is 0 Å². The van der Waals surface area contributed by atoms with Gasteiger partial charge in [0, 0.05) is 0 Å². The maximum Gasteiger partial charge on any atom is 0.326 e. The van der Waals surface area contributed by atoms with Gasteiger partial charge in [-0.2, -0.15) is 0 Å². The third-order valence-electron chi connectivity index (χ3n) is 2.93. The number of amides is 2. The molecular formula is C12H13NO5. The number of carboxylic acids is 1. The second-order valence-electron chi connectivity index (χ2n) is 4.15. The first-order valence-corrected chi connectivity index (χ1v) is 5.71. The first-order valence-electron chi connectivity index (χ1n) is 5.71. The average molecular weight is 251 g/mol. The Labute approximate surface area is 103 Å². The van der Waals surface area contributed by atoms with E-state index in [0.29, 0.717) is 12.2 Å². The standard InChI is InChI=1S/C12H13NO5/c1-2-3-8(12(16)17)13-10(14)6-9-7(11(13)15)4-5-18-9/h4-5,8H,2-3,6H2,1H3,(H,16,17). The highest BCUT2D eigenvalue weighted by atomic mass is 16.4. The monoisotopic (exact) mass is 251 g/mol. The molecule has 18 heavy (non-hydrogen) atoms. The lowest BCUT2D eigenvalue weighted by Crippen LogP contribution is -2.51. The van der Waals surface area contributed by atoms with Gasteiger partial charge in [-0.25, -0.2) is 4.79 Å². The molecule has 0 fully saturated rings. The largest absolute Gasteiger partial charge is 0.480 e. The van der Waals surface area contributed by atoms with Crippen molar-refractivity contribution >= 4 is 17.8 Å². The number of hydrogen-bond donors (Lipinski definition) is 1. The number of hydrogen-bond acceptors (Lipinski definition) is 4. The predicted octanol–water partition coefficient (Wildman–Crippen LogP) is 1.06. The van der Waals surface area contributed by atoms with Crippen LogP contribution in [0.15, 0.2) is 16.7 Å². The fraction of sp³-hybridized carbons (Fsp3) is 0.417. The molecule has 0 radical (unpaired) electrons. The number of aliphatic carboxylic acids is 1. The molecule has 2 amide bonds. The molecule has 0 aromatic carbocycles. The van der Waals surface area contributed by atoms with Crippen molar-refractivity contribution in [2.75, 3.05) is 0 Å². The van der Waals surface area contributed by atoms with Crippen LogP contribution in [0.2, 0.25) is 0 Å². The van der Waals surface area contributed by atoms with Crippen molar-refractivity contribution in [2.24, 2.45) is 0 Å². The number of furan rings is 1. The highest BCUT2D eigenvalue weighted by Crippen LogP contribution is 2.24. The van der Waals surface area contributed by atoms with Crippen LogP contribution in [0, 0.1) is 0 Å². The maximum absolute atomic E-state index is 12.1. The summed E-state index contributed by atoms with van der Waals surface area (Å²) in [5, 5.41) is 9.12. The highest BCUT2D eigenvalue weighted by Gasteiger charge is 2.40. The minimum Gasteiger partial charge on any atom is -0.480 e. The second-order valence-corrected chi connectivity index (χ2v) is 4.15. The lowest BCUT2D eigenvalue weighted by atomic mass is 10.0. The molecule has 96 valence electrons. The summed E-state index contributed by atoms with van der Waals surface area (Å²) in [5.41, 5.74) is 0.275. The van der Waals surface area contributed by atoms with E-state index >= 15 is 0 Å². The fourth-order valence-electron chi connectivity index (χ4n) is 2.09. The molecule has 2 heterocycles. The molecule has 0 saturated carbocycles. The molecule has 6 nitrogen and oxygen atoms in total. The van der Waals surface area contributed by atoms with Gasteiger partial charge in [-0.3, -0.25) is 14.5 Å². The molecule has 1 unspecified atom stereocenters. The Balaban J connectivity index is 2.36. The lowest BCUT2D eigenvalue weighted by Gasteiger charge is -2.29. The summed E-state index contributed by atoms with van der Waals surface area (Å²) in [5.74, 6) is -1.97. The van der Waals surface area contributed by atoms with E-state index in [0.717, 1.165) is 4.90 Å². The average Bonchev–Trinajstić information content (AvgIpc) is 2.75. The zero-order chi connectivity index (χ0) is 13.3. The van der Waals surface area contributed by atoms with Crippen LogP contribution in [0.3, 0.4) is 0 Å². The van der Waals surface area contributed by atoms with Crippen molar-refractivity contribution < 1.29 is 23.9 Å². The molecule has 6 heteroatoms. The fourth-order valence-corrected chi connectivity index (χ4v) is 2.09. The van der Waals surface area contributed by atoms with Crippen LogP contribution >= 0.6 is 0 Å². The molecule has 0 spiro atoms. The molecule has 1 atom stereocenters. The van der Waals surface area contributed by atoms with E-state index in [2.05, 4.69) is 0 Å². The third kappa shape index (κ3) is 1.90. The van der Waals surface area contributed by atoms with Crippen LogP contribution < -0.4 is 0 Å². The van der Waals surface area contributed by atoms with E-state index in [-0.39, 0.29) is 18.4 Å². The first-order chi connectivity index (χ1) is 8.56. The van der Waals surface area contributed by atoms with Crippen molar-refractivity contribution in [2.45, 2.75) is 32.2 Å². The number of carbonyl (C=O) groups is 3. The second kappa shape index (κ2) is 4.64. The topological polar surface area (TPSA) is 87.8 Å². The van der Waals surface area contributed by atoms with E-state index in [4.69, 9.17) is 9.52 Å². The molecule has 1 aliphatic heterocycles. The Hall–Kier alpha value is -2.11. The zero-order valence-electron chi connectivity index (χ0n) is 9.88. The van der Waals surface area contributed by atoms with Crippen LogP contribution in [0.5, 0.6) is 0 Å². The summed E-state index contributed by atoms with van der Waals surface area (Å²) in [6.45, 7) is 1.80. The van der Waals surface area contributed by atoms with Crippen LogP contribution in [-0.2, 0) is 16.0 Å². The van der Waals surface area contributed by atoms with Crippen molar-refractivity contribution in [1.29, 1.82) is 0 Å². The van der Waals surface area contributed by atoms with Gasteiger partial charge >= 0.3 is 5.97 Å². The van der Waals surface area contributed by atoms with E-state index in [1.807, 2.05) is 0 Å². The number of rotatable bonds is 4. The minimum absolute atomic E-state index is 0.0679. The van der Waals surface area contributed by atoms with Gasteiger partial charge in [-0.1, -0.05) is 13.3 Å². The van der Waals surface area contributed by atoms with Crippen molar-refractivity contribution in [3.05, 3.63) is 23.7 Å². The first kappa shape index (κ1) is 12.3. The Morgan fingerprint density at radius 1 is 1.56 bits per heavy atom. The van der Waals surface area contributed by atoms with Gasteiger partial charge in [0.25, 0.3) is 5.91 Å². The molecule has 0 bridgehead atoms. The van der Waals surface area contributed by atoms with E-state index in [1.54, 1.807) is 6.92 Å². The summed E-state index contributed by atoms with van der Waals surface area (Å²) in [4.78, 5) is 36.0. The number of nitrogens with zero attached hydrogens (tertiary/aromatic N) is 1. The van der Waals surface area contributed by atoms with Crippen molar-refractivity contribution in [3.63, 3.8) is 0 Å². The van der Waals surface area contributed by atoms with Crippen LogP contribution in [0.25, 0.3) is 0 Å². The van der Waals surface area contributed by atoms with Gasteiger partial charge in [-0.15, -0.1) is 0 Å². The SMILES string of the molecule is CCCC(C(=O)O)N1C(=O)Cc2occc2C1=O. The summed E-state index contributed by atoms with van der Waals surface area (Å²) >= 11 is 0. The van der Waals surface area contributed by atoms with Gasteiger partial charge in [-0.05, 0) is 12.5 Å². The number of imide groups is 1. The molecular weight excluding hydrogens is 238 g/mol. The quantitative estimate of drug-likeness (QED) is 0.808. The van der Waals surface area contributed by atoms with Gasteiger partial charge in [0.2, 0.25) is 5.91 Å². The number of carbonyl (C=O) groups excluding carboxylic acids is 2. The zero-order valence-corrected chi connectivity index (χ0v) is 9.88. The minimum atomic E-state index is -1.16. The van der Waals surface area contributed by atoms with Crippen LogP contribution in [0.1, 0.15) is 35.9 Å². The summed E-state index contributed by atoms with van der Waals surface area (Å²) in [6.07, 6.45) is 2.09. The van der Waals surface area contributed by atoms with E-state index < -0.39 is 23.8 Å². The van der Waals surface area contributed by atoms with Gasteiger partial charge in [0.05, 0.1) is 18.2 Å². The number of fused-ring (bicyclic) bond motifs is 1. The van der Waals surface area contributed by atoms with Crippen molar-refractivity contribution in [1.82, 2.24) is 4.90 Å². The van der Waals surface area contributed by atoms with Crippen LogP contribution in [-0.4, -0.2) is 33.8 Å². The Morgan fingerprint density at radius 3 is 2.89 bits per heavy atom. The Morgan fingerprint density at radius 2 is 2.28 bits per heavy atom. The molecule has 0 saturated heterocycles. The summed E-state index contributed by atoms with van der Waals surface area (Å²) in [6, 6.07) is 0.361. The van der Waals surface area contributed by atoms with Gasteiger partial charge < -0.3 is 9.52 Å². The Kier molecular flexibility index (Phi) is 3.18. The highest BCUT2D eigenvalue weighted by molar-refractivity contribution is 6.11.